The molecule has 2 heterocycles. The molecule has 2 saturated heterocycles. The lowest BCUT2D eigenvalue weighted by Crippen LogP contribution is -2.59. The predicted octanol–water partition coefficient (Wildman–Crippen LogP) is 3.32. The Balaban J connectivity index is 1.45. The Bertz CT molecular complexity index is 912. The van der Waals surface area contributed by atoms with Gasteiger partial charge in [-0.2, -0.15) is 0 Å². The van der Waals surface area contributed by atoms with Crippen LogP contribution in [-0.2, 0) is 16.0 Å². The van der Waals surface area contributed by atoms with Crippen molar-refractivity contribution in [3.8, 4) is 5.75 Å². The van der Waals surface area contributed by atoms with Gasteiger partial charge >= 0.3 is 6.03 Å². The third-order valence-electron chi connectivity index (χ3n) is 5.60. The lowest BCUT2D eigenvalue weighted by Gasteiger charge is -2.43. The zero-order valence-electron chi connectivity index (χ0n) is 17.7. The Morgan fingerprint density at radius 3 is 2.71 bits per heavy atom. The normalized spacial score (nSPS) is 22.2. The average Bonchev–Trinajstić information content (AvgIpc) is 2.97. The van der Waals surface area contributed by atoms with Crippen molar-refractivity contribution in [3.05, 3.63) is 59.9 Å². The van der Waals surface area contributed by atoms with E-state index in [1.807, 2.05) is 24.3 Å². The Morgan fingerprint density at radius 1 is 1.10 bits per heavy atom. The molecule has 1 unspecified atom stereocenters. The molecular weight excluding hydrogens is 401 g/mol. The van der Waals surface area contributed by atoms with Gasteiger partial charge in [0, 0.05) is 25.2 Å². The number of methoxy groups -OCH3 is 1. The van der Waals surface area contributed by atoms with E-state index in [9.17, 15) is 9.18 Å². The highest BCUT2D eigenvalue weighted by atomic mass is 19.1. The molecule has 0 aromatic heterocycles. The van der Waals surface area contributed by atoms with Gasteiger partial charge in [0.05, 0.1) is 39.1 Å². The van der Waals surface area contributed by atoms with Gasteiger partial charge in [-0.3, -0.25) is 4.90 Å². The van der Waals surface area contributed by atoms with Crippen molar-refractivity contribution < 1.29 is 23.4 Å². The van der Waals surface area contributed by atoms with Gasteiger partial charge in [0.15, 0.2) is 5.79 Å². The summed E-state index contributed by atoms with van der Waals surface area (Å²) in [5, 5.41) is 2.65. The van der Waals surface area contributed by atoms with Crippen LogP contribution < -0.4 is 10.1 Å². The number of amides is 2. The maximum atomic E-state index is 13.9. The first kappa shape index (κ1) is 21.5. The smallest absolute Gasteiger partial charge is 0.322 e. The molecule has 0 saturated carbocycles. The standard InChI is InChI=1S/C23H28FN3O4/c1-29-21-10-5-2-7-18(21)15-26-11-6-13-30-23(16-26)17-27(12-14-31-23)22(28)25-20-9-4-3-8-19(20)24/h2-5,7-10H,6,11-17H2,1H3,(H,25,28). The van der Waals surface area contributed by atoms with Crippen molar-refractivity contribution >= 4 is 11.7 Å². The molecule has 4 rings (SSSR count). The molecule has 2 fully saturated rings. The first-order chi connectivity index (χ1) is 15.1. The van der Waals surface area contributed by atoms with Gasteiger partial charge in [-0.05, 0) is 24.6 Å². The number of nitrogens with one attached hydrogen (secondary N) is 1. The minimum absolute atomic E-state index is 0.160. The van der Waals surface area contributed by atoms with E-state index in [0.29, 0.717) is 32.8 Å². The lowest BCUT2D eigenvalue weighted by molar-refractivity contribution is -0.260. The molecule has 8 heteroatoms. The fourth-order valence-corrected chi connectivity index (χ4v) is 4.09. The van der Waals surface area contributed by atoms with Crippen molar-refractivity contribution in [3.63, 3.8) is 0 Å². The number of urea groups is 1. The van der Waals surface area contributed by atoms with Gasteiger partial charge in [0.2, 0.25) is 0 Å². The summed E-state index contributed by atoms with van der Waals surface area (Å²) in [6.07, 6.45) is 0.863. The van der Waals surface area contributed by atoms with E-state index >= 15 is 0 Å². The van der Waals surface area contributed by atoms with E-state index in [-0.39, 0.29) is 18.3 Å². The first-order valence-corrected chi connectivity index (χ1v) is 10.5. The summed E-state index contributed by atoms with van der Waals surface area (Å²) in [5.41, 5.74) is 1.25. The Labute approximate surface area is 181 Å². The number of para-hydroxylation sites is 2. The van der Waals surface area contributed by atoms with E-state index in [0.717, 1.165) is 24.3 Å². The molecule has 2 aromatic carbocycles. The third-order valence-corrected chi connectivity index (χ3v) is 5.60. The molecule has 0 aliphatic carbocycles. The van der Waals surface area contributed by atoms with Gasteiger partial charge in [0.25, 0.3) is 0 Å². The number of benzene rings is 2. The Morgan fingerprint density at radius 2 is 1.87 bits per heavy atom. The third kappa shape index (κ3) is 5.15. The summed E-state index contributed by atoms with van der Waals surface area (Å²) < 4.78 is 31.6. The fourth-order valence-electron chi connectivity index (χ4n) is 4.09. The number of carbonyl (C=O) groups excluding carboxylic acids is 1. The van der Waals surface area contributed by atoms with Crippen molar-refractivity contribution in [1.29, 1.82) is 0 Å². The van der Waals surface area contributed by atoms with Crippen molar-refractivity contribution in [1.82, 2.24) is 9.80 Å². The van der Waals surface area contributed by atoms with Gasteiger partial charge in [-0.25, -0.2) is 9.18 Å². The molecule has 31 heavy (non-hydrogen) atoms. The van der Waals surface area contributed by atoms with Crippen molar-refractivity contribution in [2.45, 2.75) is 18.8 Å². The molecule has 0 radical (unpaired) electrons. The molecule has 1 spiro atoms. The summed E-state index contributed by atoms with van der Waals surface area (Å²) in [4.78, 5) is 16.7. The van der Waals surface area contributed by atoms with Crippen LogP contribution in [0.25, 0.3) is 0 Å². The van der Waals surface area contributed by atoms with Crippen LogP contribution in [0.15, 0.2) is 48.5 Å². The lowest BCUT2D eigenvalue weighted by atomic mass is 10.1. The zero-order chi connectivity index (χ0) is 21.7. The van der Waals surface area contributed by atoms with Gasteiger partial charge in [-0.1, -0.05) is 30.3 Å². The average molecular weight is 429 g/mol. The molecule has 2 aliphatic heterocycles. The van der Waals surface area contributed by atoms with E-state index in [1.165, 1.54) is 6.07 Å². The van der Waals surface area contributed by atoms with E-state index in [1.54, 1.807) is 30.2 Å². The topological polar surface area (TPSA) is 63.3 Å². The van der Waals surface area contributed by atoms with Crippen LogP contribution in [0.4, 0.5) is 14.9 Å². The fraction of sp³-hybridized carbons (Fsp3) is 0.435. The number of halogens is 1. The van der Waals surface area contributed by atoms with Crippen LogP contribution in [0.3, 0.4) is 0 Å². The second-order valence-electron chi connectivity index (χ2n) is 7.82. The highest BCUT2D eigenvalue weighted by molar-refractivity contribution is 5.89. The van der Waals surface area contributed by atoms with Crippen LogP contribution in [0.2, 0.25) is 0 Å². The number of morpholine rings is 1. The van der Waals surface area contributed by atoms with Crippen LogP contribution in [0, 0.1) is 5.82 Å². The van der Waals surface area contributed by atoms with E-state index < -0.39 is 11.6 Å². The molecule has 0 bridgehead atoms. The summed E-state index contributed by atoms with van der Waals surface area (Å²) in [6.45, 7) is 3.66. The van der Waals surface area contributed by atoms with E-state index in [4.69, 9.17) is 14.2 Å². The van der Waals surface area contributed by atoms with Crippen molar-refractivity contribution in [2.75, 3.05) is 51.8 Å². The largest absolute Gasteiger partial charge is 0.496 e. The summed E-state index contributed by atoms with van der Waals surface area (Å²) in [6, 6.07) is 13.7. The van der Waals surface area contributed by atoms with Crippen LogP contribution >= 0.6 is 0 Å². The number of rotatable bonds is 4. The van der Waals surface area contributed by atoms with Gasteiger partial charge in [0.1, 0.15) is 11.6 Å². The van der Waals surface area contributed by atoms with Crippen LogP contribution in [-0.4, -0.2) is 68.1 Å². The minimum atomic E-state index is -0.913. The summed E-state index contributed by atoms with van der Waals surface area (Å²) in [5.74, 6) is -0.534. The Hall–Kier alpha value is -2.68. The highest BCUT2D eigenvalue weighted by Gasteiger charge is 2.42. The molecule has 166 valence electrons. The predicted molar refractivity (Wildman–Crippen MR) is 115 cm³/mol. The quantitative estimate of drug-likeness (QED) is 0.808. The number of carbonyl (C=O) groups is 1. The molecule has 1 N–H and O–H groups in total. The van der Waals surface area contributed by atoms with E-state index in [2.05, 4.69) is 10.2 Å². The molecule has 1 atom stereocenters. The second kappa shape index (κ2) is 9.64. The van der Waals surface area contributed by atoms with Gasteiger partial charge < -0.3 is 24.4 Å². The summed E-state index contributed by atoms with van der Waals surface area (Å²) in [7, 11) is 1.67. The number of hydrogen-bond donors (Lipinski definition) is 1. The molecule has 2 amide bonds. The number of ether oxygens (including phenoxy) is 3. The first-order valence-electron chi connectivity index (χ1n) is 10.5. The molecule has 7 nitrogen and oxygen atoms in total. The SMILES string of the molecule is COc1ccccc1CN1CCCOC2(C1)CN(C(=O)Nc1ccccc1F)CCO2. The Kier molecular flexibility index (Phi) is 6.70. The van der Waals surface area contributed by atoms with Crippen LogP contribution in [0.5, 0.6) is 5.75 Å². The molecular formula is C23H28FN3O4. The number of hydrogen-bond acceptors (Lipinski definition) is 5. The zero-order valence-corrected chi connectivity index (χ0v) is 17.7. The number of nitrogens with zero attached hydrogens (tertiary/aromatic N) is 2. The number of anilines is 1. The van der Waals surface area contributed by atoms with Crippen molar-refractivity contribution in [2.24, 2.45) is 0 Å². The minimum Gasteiger partial charge on any atom is -0.496 e. The molecule has 2 aromatic rings. The maximum absolute atomic E-state index is 13.9. The van der Waals surface area contributed by atoms with Gasteiger partial charge in [-0.15, -0.1) is 0 Å². The maximum Gasteiger partial charge on any atom is 0.322 e. The summed E-state index contributed by atoms with van der Waals surface area (Å²) >= 11 is 0. The second-order valence-corrected chi connectivity index (χ2v) is 7.82. The highest BCUT2D eigenvalue weighted by Crippen LogP contribution is 2.27. The molecule has 2 aliphatic rings. The monoisotopic (exact) mass is 429 g/mol. The van der Waals surface area contributed by atoms with Crippen LogP contribution in [0.1, 0.15) is 12.0 Å².